The third kappa shape index (κ3) is 3.04. The van der Waals surface area contributed by atoms with Crippen molar-refractivity contribution in [3.63, 3.8) is 0 Å². The van der Waals surface area contributed by atoms with E-state index < -0.39 is 0 Å². The molecule has 0 radical (unpaired) electrons. The molecular formula is C15H16OS. The third-order valence-corrected chi connectivity index (χ3v) is 3.33. The Labute approximate surface area is 107 Å². The van der Waals surface area contributed by atoms with Crippen LogP contribution in [0.3, 0.4) is 0 Å². The van der Waals surface area contributed by atoms with E-state index in [1.54, 1.807) is 11.8 Å². The monoisotopic (exact) mass is 244 g/mol. The predicted octanol–water partition coefficient (Wildman–Crippen LogP) is 4.47. The van der Waals surface area contributed by atoms with Gasteiger partial charge >= 0.3 is 0 Å². The molecule has 2 aromatic carbocycles. The molecule has 0 aliphatic rings. The molecule has 0 aliphatic heterocycles. The van der Waals surface area contributed by atoms with E-state index in [0.717, 1.165) is 5.75 Å². The highest BCUT2D eigenvalue weighted by atomic mass is 32.2. The summed E-state index contributed by atoms with van der Waals surface area (Å²) in [5.74, 6) is 0.928. The van der Waals surface area contributed by atoms with E-state index in [4.69, 9.17) is 4.74 Å². The number of ether oxygens (including phenoxy) is 1. The Morgan fingerprint density at radius 1 is 0.882 bits per heavy atom. The van der Waals surface area contributed by atoms with Gasteiger partial charge in [-0.2, -0.15) is 0 Å². The summed E-state index contributed by atoms with van der Waals surface area (Å²) in [5.41, 5.74) is 2.46. The molecule has 0 amide bonds. The van der Waals surface area contributed by atoms with Gasteiger partial charge in [-0.05, 0) is 48.6 Å². The van der Waals surface area contributed by atoms with Crippen LogP contribution in [-0.4, -0.2) is 12.9 Å². The summed E-state index contributed by atoms with van der Waals surface area (Å²) in [6.45, 7) is 2.71. The van der Waals surface area contributed by atoms with Crippen molar-refractivity contribution < 1.29 is 4.74 Å². The zero-order valence-electron chi connectivity index (χ0n) is 10.1. The molecule has 0 spiro atoms. The van der Waals surface area contributed by atoms with Crippen LogP contribution in [-0.2, 0) is 0 Å². The highest BCUT2D eigenvalue weighted by molar-refractivity contribution is 7.98. The minimum absolute atomic E-state index is 0.710. The standard InChI is InChI=1S/C15H16OS/c1-3-16-14-8-4-12(5-9-14)13-6-10-15(17-2)11-7-13/h4-11H,3H2,1-2H3. The molecule has 2 rings (SSSR count). The van der Waals surface area contributed by atoms with Crippen molar-refractivity contribution in [2.24, 2.45) is 0 Å². The highest BCUT2D eigenvalue weighted by Gasteiger charge is 1.98. The molecule has 0 N–H and O–H groups in total. The third-order valence-electron chi connectivity index (χ3n) is 2.59. The number of thioether (sulfide) groups is 1. The number of hydrogen-bond acceptors (Lipinski definition) is 2. The summed E-state index contributed by atoms with van der Waals surface area (Å²) < 4.78 is 5.43. The second kappa shape index (κ2) is 5.78. The van der Waals surface area contributed by atoms with Gasteiger partial charge in [-0.3, -0.25) is 0 Å². The first kappa shape index (κ1) is 12.1. The van der Waals surface area contributed by atoms with E-state index in [2.05, 4.69) is 42.7 Å². The average molecular weight is 244 g/mol. The normalized spacial score (nSPS) is 10.2. The Morgan fingerprint density at radius 3 is 1.88 bits per heavy atom. The van der Waals surface area contributed by atoms with Crippen molar-refractivity contribution in [1.29, 1.82) is 0 Å². The first-order valence-electron chi connectivity index (χ1n) is 5.71. The zero-order chi connectivity index (χ0) is 12.1. The van der Waals surface area contributed by atoms with E-state index in [9.17, 15) is 0 Å². The molecule has 1 nitrogen and oxygen atoms in total. The summed E-state index contributed by atoms with van der Waals surface area (Å²) in [7, 11) is 0. The molecule has 88 valence electrons. The highest BCUT2D eigenvalue weighted by Crippen LogP contribution is 2.24. The zero-order valence-corrected chi connectivity index (χ0v) is 11.0. The van der Waals surface area contributed by atoms with Crippen LogP contribution in [0.15, 0.2) is 53.4 Å². The lowest BCUT2D eigenvalue weighted by molar-refractivity contribution is 0.340. The summed E-state index contributed by atoms with van der Waals surface area (Å²) in [6.07, 6.45) is 2.09. The molecule has 0 heterocycles. The average Bonchev–Trinajstić information content (AvgIpc) is 2.40. The van der Waals surface area contributed by atoms with Crippen molar-refractivity contribution in [3.05, 3.63) is 48.5 Å². The Morgan fingerprint density at radius 2 is 1.41 bits per heavy atom. The summed E-state index contributed by atoms with van der Waals surface area (Å²) in [6, 6.07) is 16.8. The van der Waals surface area contributed by atoms with Crippen LogP contribution in [0, 0.1) is 0 Å². The van der Waals surface area contributed by atoms with Crippen molar-refractivity contribution in [2.45, 2.75) is 11.8 Å². The maximum atomic E-state index is 5.43. The van der Waals surface area contributed by atoms with Gasteiger partial charge in [0.2, 0.25) is 0 Å². The first-order chi connectivity index (χ1) is 8.33. The fraction of sp³-hybridized carbons (Fsp3) is 0.200. The van der Waals surface area contributed by atoms with Gasteiger partial charge in [0.15, 0.2) is 0 Å². The molecule has 0 atom stereocenters. The molecule has 0 aromatic heterocycles. The molecule has 0 saturated heterocycles. The van der Waals surface area contributed by atoms with E-state index in [0.29, 0.717) is 6.61 Å². The quantitative estimate of drug-likeness (QED) is 0.734. The fourth-order valence-corrected chi connectivity index (χ4v) is 2.10. The molecular weight excluding hydrogens is 228 g/mol. The van der Waals surface area contributed by atoms with Crippen LogP contribution < -0.4 is 4.74 Å². The second-order valence-electron chi connectivity index (χ2n) is 3.69. The number of rotatable bonds is 4. The van der Waals surface area contributed by atoms with Crippen LogP contribution in [0.2, 0.25) is 0 Å². The van der Waals surface area contributed by atoms with Crippen molar-refractivity contribution in [2.75, 3.05) is 12.9 Å². The summed E-state index contributed by atoms with van der Waals surface area (Å²) in [4.78, 5) is 1.29. The molecule has 2 heteroatoms. The lowest BCUT2D eigenvalue weighted by Gasteiger charge is -2.05. The van der Waals surface area contributed by atoms with Gasteiger partial charge in [0.25, 0.3) is 0 Å². The van der Waals surface area contributed by atoms with Crippen LogP contribution in [0.5, 0.6) is 5.75 Å². The van der Waals surface area contributed by atoms with Crippen molar-refractivity contribution in [3.8, 4) is 16.9 Å². The Balaban J connectivity index is 2.20. The van der Waals surface area contributed by atoms with Gasteiger partial charge < -0.3 is 4.74 Å². The van der Waals surface area contributed by atoms with Crippen LogP contribution in [0.4, 0.5) is 0 Å². The van der Waals surface area contributed by atoms with Gasteiger partial charge in [0.1, 0.15) is 5.75 Å². The Bertz CT molecular complexity index is 459. The first-order valence-corrected chi connectivity index (χ1v) is 6.93. The lowest BCUT2D eigenvalue weighted by atomic mass is 10.1. The van der Waals surface area contributed by atoms with Gasteiger partial charge in [-0.15, -0.1) is 11.8 Å². The van der Waals surface area contributed by atoms with Crippen LogP contribution in [0.25, 0.3) is 11.1 Å². The lowest BCUT2D eigenvalue weighted by Crippen LogP contribution is -1.90. The number of benzene rings is 2. The molecule has 17 heavy (non-hydrogen) atoms. The summed E-state index contributed by atoms with van der Waals surface area (Å²) in [5, 5.41) is 0. The van der Waals surface area contributed by atoms with E-state index in [1.807, 2.05) is 19.1 Å². The maximum absolute atomic E-state index is 5.43. The van der Waals surface area contributed by atoms with Gasteiger partial charge in [0.05, 0.1) is 6.61 Å². The van der Waals surface area contributed by atoms with E-state index in [1.165, 1.54) is 16.0 Å². The SMILES string of the molecule is CCOc1ccc(-c2ccc(SC)cc2)cc1. The predicted molar refractivity (Wildman–Crippen MR) is 74.8 cm³/mol. The van der Waals surface area contributed by atoms with E-state index in [-0.39, 0.29) is 0 Å². The smallest absolute Gasteiger partial charge is 0.119 e. The van der Waals surface area contributed by atoms with E-state index >= 15 is 0 Å². The largest absolute Gasteiger partial charge is 0.494 e. The minimum Gasteiger partial charge on any atom is -0.494 e. The topological polar surface area (TPSA) is 9.23 Å². The maximum Gasteiger partial charge on any atom is 0.119 e. The Kier molecular flexibility index (Phi) is 4.10. The Hall–Kier alpha value is -1.41. The molecule has 0 aliphatic carbocycles. The van der Waals surface area contributed by atoms with Gasteiger partial charge in [-0.1, -0.05) is 24.3 Å². The molecule has 2 aromatic rings. The van der Waals surface area contributed by atoms with Gasteiger partial charge in [-0.25, -0.2) is 0 Å². The second-order valence-corrected chi connectivity index (χ2v) is 4.57. The van der Waals surface area contributed by atoms with Crippen molar-refractivity contribution >= 4 is 11.8 Å². The number of hydrogen-bond donors (Lipinski definition) is 0. The van der Waals surface area contributed by atoms with Gasteiger partial charge in [0, 0.05) is 4.90 Å². The molecule has 0 saturated carbocycles. The molecule has 0 bridgehead atoms. The molecule has 0 fully saturated rings. The summed E-state index contributed by atoms with van der Waals surface area (Å²) >= 11 is 1.76. The fourth-order valence-electron chi connectivity index (χ4n) is 1.69. The van der Waals surface area contributed by atoms with Crippen LogP contribution in [0.1, 0.15) is 6.92 Å². The minimum atomic E-state index is 0.710. The molecule has 0 unspecified atom stereocenters. The van der Waals surface area contributed by atoms with Crippen molar-refractivity contribution in [1.82, 2.24) is 0 Å². The van der Waals surface area contributed by atoms with Crippen LogP contribution >= 0.6 is 11.8 Å².